The van der Waals surface area contributed by atoms with Crippen molar-refractivity contribution >= 4 is 46.5 Å². The van der Waals surface area contributed by atoms with E-state index in [1.165, 1.54) is 37.3 Å². The van der Waals surface area contributed by atoms with Gasteiger partial charge in [0.15, 0.2) is 6.61 Å². The van der Waals surface area contributed by atoms with E-state index < -0.39 is 23.4 Å². The highest BCUT2D eigenvalue weighted by atomic mass is 35.5. The highest BCUT2D eigenvalue weighted by molar-refractivity contribution is 6.42. The zero-order valence-electron chi connectivity index (χ0n) is 12.9. The van der Waals surface area contributed by atoms with Crippen LogP contribution in [0.2, 0.25) is 10.0 Å². The Labute approximate surface area is 152 Å². The Morgan fingerprint density at radius 1 is 1.16 bits per heavy atom. The number of halogens is 2. The van der Waals surface area contributed by atoms with Gasteiger partial charge in [-0.15, -0.1) is 0 Å². The van der Waals surface area contributed by atoms with Crippen molar-refractivity contribution in [2.24, 2.45) is 0 Å². The predicted molar refractivity (Wildman–Crippen MR) is 93.2 cm³/mol. The fraction of sp³-hybridized carbons (Fsp3) is 0.125. The molecule has 0 fully saturated rings. The summed E-state index contributed by atoms with van der Waals surface area (Å²) in [5.41, 5.74) is 0.737. The van der Waals surface area contributed by atoms with Crippen LogP contribution in [-0.4, -0.2) is 23.4 Å². The van der Waals surface area contributed by atoms with Gasteiger partial charge in [0.2, 0.25) is 0 Å². The normalized spacial score (nSPS) is 10.2. The molecule has 0 heterocycles. The monoisotopic (exact) mass is 382 g/mol. The average Bonchev–Trinajstić information content (AvgIpc) is 2.55. The quantitative estimate of drug-likeness (QED) is 0.478. The molecule has 130 valence electrons. The van der Waals surface area contributed by atoms with Gasteiger partial charge in [-0.25, -0.2) is 4.79 Å². The molecule has 0 radical (unpaired) electrons. The summed E-state index contributed by atoms with van der Waals surface area (Å²) in [5, 5.41) is 13.9. The van der Waals surface area contributed by atoms with Crippen molar-refractivity contribution < 1.29 is 19.2 Å². The van der Waals surface area contributed by atoms with Crippen LogP contribution in [0.15, 0.2) is 36.4 Å². The van der Waals surface area contributed by atoms with Gasteiger partial charge >= 0.3 is 5.97 Å². The Morgan fingerprint density at radius 3 is 2.48 bits per heavy atom. The summed E-state index contributed by atoms with van der Waals surface area (Å²) in [4.78, 5) is 33.9. The first kappa shape index (κ1) is 18.7. The van der Waals surface area contributed by atoms with E-state index in [9.17, 15) is 19.7 Å². The number of carbonyl (C=O) groups is 2. The first-order valence-corrected chi connectivity index (χ1v) is 7.70. The van der Waals surface area contributed by atoms with Crippen LogP contribution in [0.4, 0.5) is 11.4 Å². The number of nitrogens with zero attached hydrogens (tertiary/aromatic N) is 1. The maximum Gasteiger partial charge on any atom is 0.338 e. The van der Waals surface area contributed by atoms with E-state index >= 15 is 0 Å². The number of benzene rings is 2. The minimum Gasteiger partial charge on any atom is -0.452 e. The van der Waals surface area contributed by atoms with Gasteiger partial charge in [-0.1, -0.05) is 23.2 Å². The number of nitro groups is 1. The summed E-state index contributed by atoms with van der Waals surface area (Å²) < 4.78 is 4.89. The van der Waals surface area contributed by atoms with Crippen molar-refractivity contribution in [3.63, 3.8) is 0 Å². The van der Waals surface area contributed by atoms with Gasteiger partial charge in [-0.2, -0.15) is 0 Å². The highest BCUT2D eigenvalue weighted by Crippen LogP contribution is 2.25. The fourth-order valence-electron chi connectivity index (χ4n) is 1.97. The van der Waals surface area contributed by atoms with E-state index in [2.05, 4.69) is 5.32 Å². The van der Waals surface area contributed by atoms with Crippen LogP contribution in [0.25, 0.3) is 0 Å². The predicted octanol–water partition coefficient (Wildman–Crippen LogP) is 4.01. The van der Waals surface area contributed by atoms with E-state index in [0.29, 0.717) is 16.3 Å². The minimum absolute atomic E-state index is 0.103. The van der Waals surface area contributed by atoms with Crippen LogP contribution in [0.1, 0.15) is 15.9 Å². The number of aryl methyl sites for hydroxylation is 1. The van der Waals surface area contributed by atoms with E-state index in [0.717, 1.165) is 0 Å². The molecule has 2 aromatic rings. The van der Waals surface area contributed by atoms with Crippen LogP contribution >= 0.6 is 23.2 Å². The van der Waals surface area contributed by atoms with Crippen LogP contribution in [0, 0.1) is 17.0 Å². The lowest BCUT2D eigenvalue weighted by molar-refractivity contribution is -0.385. The van der Waals surface area contributed by atoms with Crippen LogP contribution in [-0.2, 0) is 9.53 Å². The summed E-state index contributed by atoms with van der Waals surface area (Å²) in [6, 6.07) is 8.34. The zero-order valence-corrected chi connectivity index (χ0v) is 14.4. The van der Waals surface area contributed by atoms with Crippen molar-refractivity contribution in [1.29, 1.82) is 0 Å². The second kappa shape index (κ2) is 7.96. The zero-order chi connectivity index (χ0) is 18.6. The number of nitro benzene ring substituents is 1. The van der Waals surface area contributed by atoms with Gasteiger partial charge in [0, 0.05) is 17.3 Å². The summed E-state index contributed by atoms with van der Waals surface area (Å²) in [6.45, 7) is 0.987. The molecule has 0 bridgehead atoms. The molecule has 7 nitrogen and oxygen atoms in total. The molecule has 9 heteroatoms. The molecule has 25 heavy (non-hydrogen) atoms. The smallest absolute Gasteiger partial charge is 0.338 e. The standard InChI is InChI=1S/C16H12Cl2N2O5/c1-9-6-10(2-5-14(9)20(23)24)16(22)25-8-15(21)19-11-3-4-12(17)13(18)7-11/h2-7H,8H2,1H3,(H,19,21). The molecular formula is C16H12Cl2N2O5. The third-order valence-electron chi connectivity index (χ3n) is 3.17. The molecule has 0 saturated carbocycles. The summed E-state index contributed by atoms with van der Waals surface area (Å²) in [7, 11) is 0. The number of rotatable bonds is 5. The number of carbonyl (C=O) groups excluding carboxylic acids is 2. The maximum atomic E-state index is 11.9. The Balaban J connectivity index is 1.95. The number of esters is 1. The molecule has 0 aliphatic carbocycles. The first-order valence-electron chi connectivity index (χ1n) is 6.95. The Hall–Kier alpha value is -2.64. The summed E-state index contributed by atoms with van der Waals surface area (Å²) >= 11 is 11.6. The van der Waals surface area contributed by atoms with Crippen molar-refractivity contribution in [2.75, 3.05) is 11.9 Å². The third kappa shape index (κ3) is 4.91. The van der Waals surface area contributed by atoms with Gasteiger partial charge < -0.3 is 10.1 Å². The van der Waals surface area contributed by atoms with E-state index in [1.54, 1.807) is 6.07 Å². The lowest BCUT2D eigenvalue weighted by Gasteiger charge is -2.08. The average molecular weight is 383 g/mol. The van der Waals surface area contributed by atoms with Gasteiger partial charge in [0.25, 0.3) is 11.6 Å². The Kier molecular flexibility index (Phi) is 5.95. The number of amides is 1. The number of hydrogen-bond acceptors (Lipinski definition) is 5. The molecule has 0 aromatic heterocycles. The van der Waals surface area contributed by atoms with Crippen LogP contribution in [0.3, 0.4) is 0 Å². The summed E-state index contributed by atoms with van der Waals surface area (Å²) in [6.07, 6.45) is 0. The highest BCUT2D eigenvalue weighted by Gasteiger charge is 2.16. The molecule has 1 N–H and O–H groups in total. The number of nitrogens with one attached hydrogen (secondary N) is 1. The Bertz CT molecular complexity index is 854. The van der Waals surface area contributed by atoms with Crippen LogP contribution < -0.4 is 5.32 Å². The molecule has 0 spiro atoms. The number of hydrogen-bond donors (Lipinski definition) is 1. The number of ether oxygens (including phenoxy) is 1. The maximum absolute atomic E-state index is 11.9. The molecule has 0 unspecified atom stereocenters. The van der Waals surface area contributed by atoms with E-state index in [1.807, 2.05) is 0 Å². The van der Waals surface area contributed by atoms with E-state index in [-0.39, 0.29) is 16.3 Å². The first-order chi connectivity index (χ1) is 11.8. The molecule has 0 aliphatic heterocycles. The topological polar surface area (TPSA) is 98.5 Å². The van der Waals surface area contributed by atoms with E-state index in [4.69, 9.17) is 27.9 Å². The second-order valence-corrected chi connectivity index (χ2v) is 5.83. The molecule has 0 saturated heterocycles. The third-order valence-corrected chi connectivity index (χ3v) is 3.91. The molecular weight excluding hydrogens is 371 g/mol. The Morgan fingerprint density at radius 2 is 1.88 bits per heavy atom. The van der Waals surface area contributed by atoms with Gasteiger partial charge in [0.05, 0.1) is 20.5 Å². The van der Waals surface area contributed by atoms with Gasteiger partial charge in [-0.05, 0) is 37.3 Å². The lowest BCUT2D eigenvalue weighted by Crippen LogP contribution is -2.21. The molecule has 0 aliphatic rings. The van der Waals surface area contributed by atoms with Crippen molar-refractivity contribution in [3.8, 4) is 0 Å². The number of anilines is 1. The summed E-state index contributed by atoms with van der Waals surface area (Å²) in [5.74, 6) is -1.33. The fourth-order valence-corrected chi connectivity index (χ4v) is 2.27. The SMILES string of the molecule is Cc1cc(C(=O)OCC(=O)Nc2ccc(Cl)c(Cl)c2)ccc1[N+](=O)[O-]. The van der Waals surface area contributed by atoms with Crippen molar-refractivity contribution in [3.05, 3.63) is 67.7 Å². The minimum atomic E-state index is -0.762. The molecule has 2 aromatic carbocycles. The molecule has 2 rings (SSSR count). The van der Waals surface area contributed by atoms with Crippen LogP contribution in [0.5, 0.6) is 0 Å². The lowest BCUT2D eigenvalue weighted by atomic mass is 10.1. The van der Waals surface area contributed by atoms with Crippen molar-refractivity contribution in [2.45, 2.75) is 6.92 Å². The van der Waals surface area contributed by atoms with Gasteiger partial charge in [-0.3, -0.25) is 14.9 Å². The van der Waals surface area contributed by atoms with Crippen molar-refractivity contribution in [1.82, 2.24) is 0 Å². The molecule has 1 amide bonds. The second-order valence-electron chi connectivity index (χ2n) is 5.01. The molecule has 0 atom stereocenters. The largest absolute Gasteiger partial charge is 0.452 e. The van der Waals surface area contributed by atoms with Gasteiger partial charge in [0.1, 0.15) is 0 Å².